The van der Waals surface area contributed by atoms with Gasteiger partial charge in [-0.25, -0.2) is 0 Å². The van der Waals surface area contributed by atoms with Gasteiger partial charge in [0.1, 0.15) is 11.5 Å². The van der Waals surface area contributed by atoms with Crippen molar-refractivity contribution in [2.24, 2.45) is 0 Å². The van der Waals surface area contributed by atoms with Crippen LogP contribution < -0.4 is 18.9 Å². The largest absolute Gasteiger partial charge is 0.497 e. The van der Waals surface area contributed by atoms with E-state index in [1.165, 1.54) is 14.0 Å². The second kappa shape index (κ2) is 10.9. The van der Waals surface area contributed by atoms with Crippen LogP contribution in [0.5, 0.6) is 23.0 Å². The van der Waals surface area contributed by atoms with Gasteiger partial charge in [0.05, 0.1) is 34.0 Å². The molecule has 0 radical (unpaired) electrons. The lowest BCUT2D eigenvalue weighted by Gasteiger charge is -2.26. The summed E-state index contributed by atoms with van der Waals surface area (Å²) in [5, 5.41) is 0. The molecule has 7 nitrogen and oxygen atoms in total. The molecule has 0 aliphatic carbocycles. The van der Waals surface area contributed by atoms with Crippen molar-refractivity contribution in [3.8, 4) is 23.0 Å². The Balaban J connectivity index is 1.58. The number of ether oxygens (including phenoxy) is 4. The van der Waals surface area contributed by atoms with E-state index < -0.39 is 0 Å². The number of nitrogens with zero attached hydrogens (tertiary/aromatic N) is 1. The Bertz CT molecular complexity index is 957. The van der Waals surface area contributed by atoms with Crippen molar-refractivity contribution in [3.05, 3.63) is 47.5 Å². The molecule has 0 N–H and O–H groups in total. The fourth-order valence-electron chi connectivity index (χ4n) is 4.04. The van der Waals surface area contributed by atoms with Gasteiger partial charge >= 0.3 is 0 Å². The topological polar surface area (TPSA) is 74.3 Å². The lowest BCUT2D eigenvalue weighted by molar-refractivity contribution is -0.132. The maximum absolute atomic E-state index is 12.9. The summed E-state index contributed by atoms with van der Waals surface area (Å²) in [6, 6.07) is 10.8. The van der Waals surface area contributed by atoms with Gasteiger partial charge < -0.3 is 23.8 Å². The number of methoxy groups -OCH3 is 3. The number of likely N-dealkylation sites (tertiary alicyclic amines) is 1. The zero-order valence-corrected chi connectivity index (χ0v) is 19.2. The van der Waals surface area contributed by atoms with E-state index >= 15 is 0 Å². The van der Waals surface area contributed by atoms with Crippen molar-refractivity contribution < 1.29 is 28.5 Å². The van der Waals surface area contributed by atoms with E-state index in [1.54, 1.807) is 32.4 Å². The van der Waals surface area contributed by atoms with E-state index in [2.05, 4.69) is 0 Å². The van der Waals surface area contributed by atoms with E-state index in [0.717, 1.165) is 36.4 Å². The van der Waals surface area contributed by atoms with Crippen LogP contribution in [-0.2, 0) is 4.79 Å². The Morgan fingerprint density at radius 3 is 2.44 bits per heavy atom. The summed E-state index contributed by atoms with van der Waals surface area (Å²) >= 11 is 0. The predicted molar refractivity (Wildman–Crippen MR) is 121 cm³/mol. The highest BCUT2D eigenvalue weighted by molar-refractivity contribution is 5.94. The predicted octanol–water partition coefficient (Wildman–Crippen LogP) is 4.44. The number of amides is 1. The van der Waals surface area contributed by atoms with Gasteiger partial charge in [0.2, 0.25) is 5.91 Å². The van der Waals surface area contributed by atoms with Crippen LogP contribution in [0, 0.1) is 0 Å². The first-order valence-corrected chi connectivity index (χ1v) is 10.8. The Labute approximate surface area is 189 Å². The van der Waals surface area contributed by atoms with Gasteiger partial charge in [0.25, 0.3) is 0 Å². The Morgan fingerprint density at radius 2 is 1.75 bits per heavy atom. The lowest BCUT2D eigenvalue weighted by Crippen LogP contribution is -2.30. The third-order valence-electron chi connectivity index (χ3n) is 5.74. The molecule has 2 aromatic rings. The lowest BCUT2D eigenvalue weighted by atomic mass is 10.0. The average Bonchev–Trinajstić information content (AvgIpc) is 3.30. The van der Waals surface area contributed by atoms with Crippen LogP contribution in [0.2, 0.25) is 0 Å². The van der Waals surface area contributed by atoms with Crippen molar-refractivity contribution >= 4 is 11.7 Å². The van der Waals surface area contributed by atoms with Crippen molar-refractivity contribution in [2.45, 2.75) is 38.6 Å². The van der Waals surface area contributed by atoms with Crippen molar-refractivity contribution in [3.63, 3.8) is 0 Å². The molecule has 172 valence electrons. The van der Waals surface area contributed by atoms with E-state index in [-0.39, 0.29) is 17.7 Å². The normalized spacial score (nSPS) is 15.4. The maximum atomic E-state index is 12.9. The zero-order valence-electron chi connectivity index (χ0n) is 19.2. The molecule has 1 amide bonds. The number of hydrogen-bond donors (Lipinski definition) is 0. The van der Waals surface area contributed by atoms with Gasteiger partial charge in [-0.05, 0) is 56.5 Å². The summed E-state index contributed by atoms with van der Waals surface area (Å²) in [7, 11) is 4.79. The summed E-state index contributed by atoms with van der Waals surface area (Å²) in [4.78, 5) is 26.4. The van der Waals surface area contributed by atoms with E-state index in [4.69, 9.17) is 18.9 Å². The molecule has 1 fully saturated rings. The number of ketones is 1. The molecule has 1 saturated heterocycles. The van der Waals surface area contributed by atoms with E-state index in [0.29, 0.717) is 36.5 Å². The van der Waals surface area contributed by atoms with Crippen molar-refractivity contribution in [1.82, 2.24) is 4.90 Å². The van der Waals surface area contributed by atoms with Crippen molar-refractivity contribution in [1.29, 1.82) is 0 Å². The van der Waals surface area contributed by atoms with Crippen LogP contribution >= 0.6 is 0 Å². The molecule has 1 unspecified atom stereocenters. The van der Waals surface area contributed by atoms with Crippen molar-refractivity contribution in [2.75, 3.05) is 34.5 Å². The SMILES string of the molecule is COc1ccc(C2CCCN2C(=O)CCCOc2ccc(C(C)=O)cc2OC)c(OC)c1. The molecule has 2 aromatic carbocycles. The number of carbonyl (C=O) groups excluding carboxylic acids is 2. The van der Waals surface area contributed by atoms with E-state index in [1.807, 2.05) is 23.1 Å². The molecule has 0 aromatic heterocycles. The molecule has 32 heavy (non-hydrogen) atoms. The zero-order chi connectivity index (χ0) is 23.1. The smallest absolute Gasteiger partial charge is 0.223 e. The second-order valence-corrected chi connectivity index (χ2v) is 7.73. The van der Waals surface area contributed by atoms with Gasteiger partial charge in [-0.2, -0.15) is 0 Å². The third kappa shape index (κ3) is 5.33. The minimum atomic E-state index is -0.0332. The monoisotopic (exact) mass is 441 g/mol. The quantitative estimate of drug-likeness (QED) is 0.401. The standard InChI is InChI=1S/C25H31NO6/c1-17(27)18-9-12-22(24(15-18)31-4)32-14-6-8-25(28)26-13-5-7-21(26)20-11-10-19(29-2)16-23(20)30-3/h9-12,15-16,21H,5-8,13-14H2,1-4H3. The van der Waals surface area contributed by atoms with E-state index in [9.17, 15) is 9.59 Å². The summed E-state index contributed by atoms with van der Waals surface area (Å²) in [5.74, 6) is 2.60. The van der Waals surface area contributed by atoms with Crippen LogP contribution in [-0.4, -0.2) is 51.1 Å². The van der Waals surface area contributed by atoms with Gasteiger partial charge in [-0.1, -0.05) is 0 Å². The van der Waals surface area contributed by atoms with Crippen LogP contribution in [0.3, 0.4) is 0 Å². The Kier molecular flexibility index (Phi) is 7.98. The highest BCUT2D eigenvalue weighted by atomic mass is 16.5. The van der Waals surface area contributed by atoms with Gasteiger partial charge in [-0.3, -0.25) is 9.59 Å². The third-order valence-corrected chi connectivity index (χ3v) is 5.74. The minimum absolute atomic E-state index is 0.00323. The summed E-state index contributed by atoms with van der Waals surface area (Å²) in [5.41, 5.74) is 1.57. The Morgan fingerprint density at radius 1 is 0.969 bits per heavy atom. The molecular formula is C25H31NO6. The molecule has 0 saturated carbocycles. The second-order valence-electron chi connectivity index (χ2n) is 7.73. The van der Waals surface area contributed by atoms with Gasteiger partial charge in [-0.15, -0.1) is 0 Å². The first-order chi connectivity index (χ1) is 15.5. The van der Waals surface area contributed by atoms with Gasteiger partial charge in [0.15, 0.2) is 17.3 Å². The molecule has 1 aliphatic rings. The molecule has 7 heteroatoms. The molecule has 0 bridgehead atoms. The average molecular weight is 442 g/mol. The summed E-state index contributed by atoms with van der Waals surface area (Å²) in [6.45, 7) is 2.62. The number of rotatable bonds is 10. The number of Topliss-reactive ketones (excluding diaryl/α,β-unsaturated/α-hetero) is 1. The molecule has 1 heterocycles. The van der Waals surface area contributed by atoms with Gasteiger partial charge in [0, 0.05) is 30.2 Å². The fourth-order valence-corrected chi connectivity index (χ4v) is 4.04. The highest BCUT2D eigenvalue weighted by Crippen LogP contribution is 2.39. The number of hydrogen-bond acceptors (Lipinski definition) is 6. The van der Waals surface area contributed by atoms with Crippen LogP contribution in [0.25, 0.3) is 0 Å². The number of carbonyl (C=O) groups is 2. The molecule has 1 aliphatic heterocycles. The molecule has 3 rings (SSSR count). The first-order valence-electron chi connectivity index (χ1n) is 10.8. The minimum Gasteiger partial charge on any atom is -0.497 e. The highest BCUT2D eigenvalue weighted by Gasteiger charge is 2.31. The van der Waals surface area contributed by atoms with Crippen LogP contribution in [0.15, 0.2) is 36.4 Å². The molecular weight excluding hydrogens is 410 g/mol. The summed E-state index contributed by atoms with van der Waals surface area (Å²) < 4.78 is 22.0. The molecule has 1 atom stereocenters. The van der Waals surface area contributed by atoms with Crippen LogP contribution in [0.1, 0.15) is 54.6 Å². The first kappa shape index (κ1) is 23.4. The van der Waals surface area contributed by atoms with Crippen LogP contribution in [0.4, 0.5) is 0 Å². The maximum Gasteiger partial charge on any atom is 0.223 e. The summed E-state index contributed by atoms with van der Waals surface area (Å²) in [6.07, 6.45) is 2.84. The number of benzene rings is 2. The Hall–Kier alpha value is -3.22. The molecule has 0 spiro atoms. The fraction of sp³-hybridized carbons (Fsp3) is 0.440.